The summed E-state index contributed by atoms with van der Waals surface area (Å²) in [6, 6.07) is 15.3. The summed E-state index contributed by atoms with van der Waals surface area (Å²) in [5.74, 6) is -0.0525. The highest BCUT2D eigenvalue weighted by molar-refractivity contribution is 7.98. The van der Waals surface area contributed by atoms with Gasteiger partial charge in [-0.05, 0) is 48.0 Å². The first-order chi connectivity index (χ1) is 12.1. The molecule has 0 saturated heterocycles. The van der Waals surface area contributed by atoms with Gasteiger partial charge in [-0.1, -0.05) is 23.7 Å². The second-order valence-corrected chi connectivity index (χ2v) is 6.65. The molecule has 0 spiro atoms. The summed E-state index contributed by atoms with van der Waals surface area (Å²) in [5.41, 5.74) is 2.13. The van der Waals surface area contributed by atoms with Crippen LogP contribution in [0, 0.1) is 5.82 Å². The molecule has 2 aromatic carbocycles. The Morgan fingerprint density at radius 2 is 1.88 bits per heavy atom. The van der Waals surface area contributed by atoms with E-state index in [1.54, 1.807) is 30.2 Å². The highest BCUT2D eigenvalue weighted by Gasteiger charge is 2.12. The standard InChI is InChI=1S/C19H14ClFN2OS/c20-16-11-14(5-6-17(16)21)23-19(24)15-3-1-2-4-18(15)25-12-13-7-9-22-10-8-13/h1-11H,12H2,(H,23,24). The zero-order valence-electron chi connectivity index (χ0n) is 13.1. The Kier molecular flexibility index (Phi) is 5.68. The minimum Gasteiger partial charge on any atom is -0.322 e. The lowest BCUT2D eigenvalue weighted by molar-refractivity contribution is 0.102. The van der Waals surface area contributed by atoms with E-state index in [0.717, 1.165) is 16.2 Å². The fraction of sp³-hybridized carbons (Fsp3) is 0.0526. The van der Waals surface area contributed by atoms with Gasteiger partial charge in [0, 0.05) is 28.7 Å². The molecular formula is C19H14ClFN2OS. The van der Waals surface area contributed by atoms with Crippen LogP contribution >= 0.6 is 23.4 Å². The summed E-state index contributed by atoms with van der Waals surface area (Å²) >= 11 is 7.33. The molecule has 3 aromatic rings. The molecule has 25 heavy (non-hydrogen) atoms. The Morgan fingerprint density at radius 3 is 2.64 bits per heavy atom. The van der Waals surface area contributed by atoms with Crippen molar-refractivity contribution in [2.75, 3.05) is 5.32 Å². The van der Waals surface area contributed by atoms with Crippen LogP contribution in [0.2, 0.25) is 5.02 Å². The maximum absolute atomic E-state index is 13.2. The van der Waals surface area contributed by atoms with Gasteiger partial charge in [-0.3, -0.25) is 9.78 Å². The second kappa shape index (κ2) is 8.14. The lowest BCUT2D eigenvalue weighted by Crippen LogP contribution is -2.13. The van der Waals surface area contributed by atoms with Crippen LogP contribution in [0.15, 0.2) is 71.9 Å². The van der Waals surface area contributed by atoms with Crippen molar-refractivity contribution in [3.8, 4) is 0 Å². The molecule has 0 aliphatic rings. The molecule has 1 N–H and O–H groups in total. The number of hydrogen-bond donors (Lipinski definition) is 1. The number of halogens is 2. The predicted octanol–water partition coefficient (Wildman–Crippen LogP) is 5.42. The molecular weight excluding hydrogens is 359 g/mol. The first-order valence-corrected chi connectivity index (χ1v) is 8.87. The summed E-state index contributed by atoms with van der Waals surface area (Å²) in [5, 5.41) is 2.72. The number of amides is 1. The van der Waals surface area contributed by atoms with Crippen molar-refractivity contribution in [2.45, 2.75) is 10.6 Å². The Hall–Kier alpha value is -2.37. The molecule has 1 heterocycles. The van der Waals surface area contributed by atoms with Gasteiger partial charge in [0.1, 0.15) is 5.82 Å². The summed E-state index contributed by atoms with van der Waals surface area (Å²) < 4.78 is 13.2. The molecule has 6 heteroatoms. The highest BCUT2D eigenvalue weighted by Crippen LogP contribution is 2.27. The molecule has 0 fully saturated rings. The second-order valence-electron chi connectivity index (χ2n) is 5.22. The Bertz CT molecular complexity index is 890. The number of rotatable bonds is 5. The molecule has 3 rings (SSSR count). The van der Waals surface area contributed by atoms with E-state index >= 15 is 0 Å². The number of benzene rings is 2. The van der Waals surface area contributed by atoms with E-state index < -0.39 is 5.82 Å². The molecule has 0 unspecified atom stereocenters. The minimum absolute atomic E-state index is 0.0295. The molecule has 0 aliphatic carbocycles. The van der Waals surface area contributed by atoms with E-state index in [1.165, 1.54) is 18.2 Å². The Balaban J connectivity index is 1.75. The number of nitrogens with one attached hydrogen (secondary N) is 1. The molecule has 126 valence electrons. The molecule has 3 nitrogen and oxygen atoms in total. The quantitative estimate of drug-likeness (QED) is 0.608. The van der Waals surface area contributed by atoms with Gasteiger partial charge in [0.2, 0.25) is 0 Å². The van der Waals surface area contributed by atoms with Crippen LogP contribution in [0.4, 0.5) is 10.1 Å². The summed E-state index contributed by atoms with van der Waals surface area (Å²) in [6.07, 6.45) is 3.49. The lowest BCUT2D eigenvalue weighted by atomic mass is 10.2. The van der Waals surface area contributed by atoms with Crippen molar-refractivity contribution < 1.29 is 9.18 Å². The molecule has 0 radical (unpaired) electrons. The van der Waals surface area contributed by atoms with E-state index in [4.69, 9.17) is 11.6 Å². The van der Waals surface area contributed by atoms with Crippen LogP contribution in [0.1, 0.15) is 15.9 Å². The van der Waals surface area contributed by atoms with Gasteiger partial charge in [-0.25, -0.2) is 4.39 Å². The number of carbonyl (C=O) groups is 1. The zero-order valence-corrected chi connectivity index (χ0v) is 14.7. The molecule has 0 atom stereocenters. The number of hydrogen-bond acceptors (Lipinski definition) is 3. The number of anilines is 1. The van der Waals surface area contributed by atoms with Crippen LogP contribution in [0.5, 0.6) is 0 Å². The fourth-order valence-corrected chi connectivity index (χ4v) is 3.38. The van der Waals surface area contributed by atoms with Crippen molar-refractivity contribution in [2.24, 2.45) is 0 Å². The van der Waals surface area contributed by atoms with Crippen molar-refractivity contribution in [3.63, 3.8) is 0 Å². The number of pyridine rings is 1. The van der Waals surface area contributed by atoms with Crippen molar-refractivity contribution in [1.29, 1.82) is 0 Å². The normalized spacial score (nSPS) is 10.5. The van der Waals surface area contributed by atoms with Crippen molar-refractivity contribution in [3.05, 3.63) is 89.0 Å². The van der Waals surface area contributed by atoms with E-state index in [9.17, 15) is 9.18 Å². The number of carbonyl (C=O) groups excluding carboxylic acids is 1. The SMILES string of the molecule is O=C(Nc1ccc(F)c(Cl)c1)c1ccccc1SCc1ccncc1. The molecule has 1 aromatic heterocycles. The van der Waals surface area contributed by atoms with Crippen LogP contribution < -0.4 is 5.32 Å². The van der Waals surface area contributed by atoms with Gasteiger partial charge in [0.05, 0.1) is 10.6 Å². The maximum atomic E-state index is 13.2. The van der Waals surface area contributed by atoms with Crippen LogP contribution in [-0.4, -0.2) is 10.9 Å². The van der Waals surface area contributed by atoms with Gasteiger partial charge in [-0.15, -0.1) is 11.8 Å². The van der Waals surface area contributed by atoms with E-state index in [2.05, 4.69) is 10.3 Å². The summed E-state index contributed by atoms with van der Waals surface area (Å²) in [6.45, 7) is 0. The molecule has 0 saturated carbocycles. The van der Waals surface area contributed by atoms with Crippen LogP contribution in [0.25, 0.3) is 0 Å². The first-order valence-electron chi connectivity index (χ1n) is 7.50. The third-order valence-electron chi connectivity index (χ3n) is 3.45. The van der Waals surface area contributed by atoms with Crippen LogP contribution in [-0.2, 0) is 5.75 Å². The predicted molar refractivity (Wildman–Crippen MR) is 99.6 cm³/mol. The Morgan fingerprint density at radius 1 is 1.12 bits per heavy atom. The number of aromatic nitrogens is 1. The maximum Gasteiger partial charge on any atom is 0.256 e. The zero-order chi connectivity index (χ0) is 17.6. The largest absolute Gasteiger partial charge is 0.322 e. The first kappa shape index (κ1) is 17.5. The van der Waals surface area contributed by atoms with Crippen molar-refractivity contribution in [1.82, 2.24) is 4.98 Å². The molecule has 0 bridgehead atoms. The van der Waals surface area contributed by atoms with Gasteiger partial charge in [-0.2, -0.15) is 0 Å². The molecule has 1 amide bonds. The smallest absolute Gasteiger partial charge is 0.256 e. The number of nitrogens with zero attached hydrogens (tertiary/aromatic N) is 1. The monoisotopic (exact) mass is 372 g/mol. The van der Waals surface area contributed by atoms with E-state index in [1.807, 2.05) is 30.3 Å². The summed E-state index contributed by atoms with van der Waals surface area (Å²) in [4.78, 5) is 17.4. The molecule has 0 aliphatic heterocycles. The fourth-order valence-electron chi connectivity index (χ4n) is 2.19. The lowest BCUT2D eigenvalue weighted by Gasteiger charge is -2.10. The third kappa shape index (κ3) is 4.59. The van der Waals surface area contributed by atoms with Gasteiger partial charge in [0.25, 0.3) is 5.91 Å². The average Bonchev–Trinajstić information content (AvgIpc) is 2.64. The highest BCUT2D eigenvalue weighted by atomic mass is 35.5. The van der Waals surface area contributed by atoms with E-state index in [-0.39, 0.29) is 10.9 Å². The number of thioether (sulfide) groups is 1. The van der Waals surface area contributed by atoms with Gasteiger partial charge < -0.3 is 5.32 Å². The topological polar surface area (TPSA) is 42.0 Å². The minimum atomic E-state index is -0.520. The van der Waals surface area contributed by atoms with Crippen LogP contribution in [0.3, 0.4) is 0 Å². The van der Waals surface area contributed by atoms with Gasteiger partial charge >= 0.3 is 0 Å². The van der Waals surface area contributed by atoms with Gasteiger partial charge in [0.15, 0.2) is 0 Å². The van der Waals surface area contributed by atoms with E-state index in [0.29, 0.717) is 11.3 Å². The average molecular weight is 373 g/mol. The Labute approximate surface area is 154 Å². The summed E-state index contributed by atoms with van der Waals surface area (Å²) in [7, 11) is 0. The third-order valence-corrected chi connectivity index (χ3v) is 4.89. The van der Waals surface area contributed by atoms with Crippen molar-refractivity contribution >= 4 is 35.0 Å².